The molecule has 6 nitrogen and oxygen atoms in total. The molecule has 0 bridgehead atoms. The van der Waals surface area contributed by atoms with Crippen LogP contribution in [0.5, 0.6) is 0 Å². The highest BCUT2D eigenvalue weighted by atomic mass is 35.5. The average molecular weight is 334 g/mol. The summed E-state index contributed by atoms with van der Waals surface area (Å²) in [5, 5.41) is 5.13. The Bertz CT molecular complexity index is 714. The highest BCUT2D eigenvalue weighted by Gasteiger charge is 2.25. The van der Waals surface area contributed by atoms with Crippen LogP contribution in [0.4, 0.5) is 0 Å². The van der Waals surface area contributed by atoms with E-state index in [-0.39, 0.29) is 12.3 Å². The van der Waals surface area contributed by atoms with E-state index in [1.165, 1.54) is 0 Å². The van der Waals surface area contributed by atoms with Crippen molar-refractivity contribution in [2.24, 2.45) is 5.73 Å². The van der Waals surface area contributed by atoms with E-state index < -0.39 is 5.91 Å². The van der Waals surface area contributed by atoms with Crippen LogP contribution >= 0.6 is 11.6 Å². The van der Waals surface area contributed by atoms with Gasteiger partial charge >= 0.3 is 0 Å². The molecule has 1 atom stereocenters. The number of primary amides is 1. The zero-order chi connectivity index (χ0) is 16.4. The van der Waals surface area contributed by atoms with Crippen molar-refractivity contribution in [1.29, 1.82) is 0 Å². The SMILES string of the molecule is CN1CCC[C@H](c2nc(CC(N)=O)nn2-c2cccc(Cl)c2)C1. The molecule has 7 heteroatoms. The van der Waals surface area contributed by atoms with Crippen LogP contribution in [0, 0.1) is 0 Å². The van der Waals surface area contributed by atoms with Gasteiger partial charge in [0, 0.05) is 17.5 Å². The lowest BCUT2D eigenvalue weighted by Crippen LogP contribution is -2.32. The van der Waals surface area contributed by atoms with Crippen molar-refractivity contribution in [3.8, 4) is 5.69 Å². The van der Waals surface area contributed by atoms with Gasteiger partial charge in [-0.1, -0.05) is 17.7 Å². The van der Waals surface area contributed by atoms with E-state index in [0.717, 1.165) is 37.4 Å². The minimum atomic E-state index is -0.430. The van der Waals surface area contributed by atoms with Gasteiger partial charge in [0.05, 0.1) is 12.1 Å². The first-order valence-corrected chi connectivity index (χ1v) is 8.09. The minimum absolute atomic E-state index is 0.0448. The third-order valence-electron chi connectivity index (χ3n) is 4.05. The van der Waals surface area contributed by atoms with Gasteiger partial charge < -0.3 is 10.6 Å². The first kappa shape index (κ1) is 16.0. The molecule has 23 heavy (non-hydrogen) atoms. The molecule has 0 radical (unpaired) electrons. The van der Waals surface area contributed by atoms with Crippen LogP contribution in [0.15, 0.2) is 24.3 Å². The fourth-order valence-electron chi connectivity index (χ4n) is 3.04. The van der Waals surface area contributed by atoms with E-state index in [4.69, 9.17) is 17.3 Å². The number of hydrogen-bond acceptors (Lipinski definition) is 4. The normalized spacial score (nSPS) is 19.0. The van der Waals surface area contributed by atoms with Crippen LogP contribution in [0.2, 0.25) is 5.02 Å². The van der Waals surface area contributed by atoms with Gasteiger partial charge in [-0.3, -0.25) is 4.79 Å². The van der Waals surface area contributed by atoms with Crippen molar-refractivity contribution in [3.05, 3.63) is 40.9 Å². The Morgan fingerprint density at radius 1 is 1.48 bits per heavy atom. The van der Waals surface area contributed by atoms with Gasteiger partial charge in [-0.25, -0.2) is 9.67 Å². The van der Waals surface area contributed by atoms with Gasteiger partial charge in [0.2, 0.25) is 5.91 Å². The van der Waals surface area contributed by atoms with Crippen LogP contribution in [-0.2, 0) is 11.2 Å². The number of rotatable bonds is 4. The number of piperidine rings is 1. The number of likely N-dealkylation sites (tertiary alicyclic amines) is 1. The number of amides is 1. The number of nitrogens with zero attached hydrogens (tertiary/aromatic N) is 4. The van der Waals surface area contributed by atoms with Crippen LogP contribution in [0.1, 0.15) is 30.4 Å². The fourth-order valence-corrected chi connectivity index (χ4v) is 3.22. The second kappa shape index (κ2) is 6.68. The summed E-state index contributed by atoms with van der Waals surface area (Å²) in [5.74, 6) is 1.18. The summed E-state index contributed by atoms with van der Waals surface area (Å²) in [6.45, 7) is 2.02. The Morgan fingerprint density at radius 2 is 2.30 bits per heavy atom. The zero-order valence-corrected chi connectivity index (χ0v) is 13.8. The maximum absolute atomic E-state index is 11.2. The lowest BCUT2D eigenvalue weighted by Gasteiger charge is -2.29. The summed E-state index contributed by atoms with van der Waals surface area (Å²) in [6, 6.07) is 7.48. The summed E-state index contributed by atoms with van der Waals surface area (Å²) < 4.78 is 1.80. The Balaban J connectivity index is 2.01. The quantitative estimate of drug-likeness (QED) is 0.924. The molecule has 0 saturated carbocycles. The second-order valence-corrected chi connectivity index (χ2v) is 6.46. The molecule has 1 amide bonds. The summed E-state index contributed by atoms with van der Waals surface area (Å²) in [7, 11) is 2.11. The first-order chi connectivity index (χ1) is 11.0. The second-order valence-electron chi connectivity index (χ2n) is 6.02. The Morgan fingerprint density at radius 3 is 3.00 bits per heavy atom. The molecule has 122 valence electrons. The van der Waals surface area contributed by atoms with E-state index in [9.17, 15) is 4.79 Å². The van der Waals surface area contributed by atoms with E-state index in [0.29, 0.717) is 10.8 Å². The van der Waals surface area contributed by atoms with Gasteiger partial charge in [0.15, 0.2) is 5.82 Å². The summed E-state index contributed by atoms with van der Waals surface area (Å²) in [4.78, 5) is 18.1. The first-order valence-electron chi connectivity index (χ1n) is 7.71. The topological polar surface area (TPSA) is 77.0 Å². The molecule has 0 unspecified atom stereocenters. The maximum atomic E-state index is 11.2. The monoisotopic (exact) mass is 333 g/mol. The number of benzene rings is 1. The highest BCUT2D eigenvalue weighted by Crippen LogP contribution is 2.27. The molecule has 3 rings (SSSR count). The lowest BCUT2D eigenvalue weighted by atomic mass is 9.97. The number of hydrogen-bond donors (Lipinski definition) is 1. The van der Waals surface area contributed by atoms with Crippen molar-refractivity contribution in [1.82, 2.24) is 19.7 Å². The molecule has 0 spiro atoms. The number of likely N-dealkylation sites (N-methyl/N-ethyl adjacent to an activating group) is 1. The zero-order valence-electron chi connectivity index (χ0n) is 13.1. The number of aromatic nitrogens is 3. The van der Waals surface area contributed by atoms with E-state index in [1.807, 2.05) is 24.3 Å². The van der Waals surface area contributed by atoms with Crippen molar-refractivity contribution in [2.45, 2.75) is 25.2 Å². The lowest BCUT2D eigenvalue weighted by molar-refractivity contribution is -0.117. The van der Waals surface area contributed by atoms with Crippen LogP contribution in [0.25, 0.3) is 5.69 Å². The van der Waals surface area contributed by atoms with E-state index in [2.05, 4.69) is 22.0 Å². The van der Waals surface area contributed by atoms with Crippen LogP contribution < -0.4 is 5.73 Å². The van der Waals surface area contributed by atoms with Gasteiger partial charge in [0.25, 0.3) is 0 Å². The third-order valence-corrected chi connectivity index (χ3v) is 4.29. The largest absolute Gasteiger partial charge is 0.369 e. The molecule has 1 aliphatic heterocycles. The molecular formula is C16H20ClN5O. The number of halogens is 1. The van der Waals surface area contributed by atoms with Gasteiger partial charge in [-0.05, 0) is 44.6 Å². The molecule has 1 fully saturated rings. The molecule has 1 aromatic heterocycles. The Hall–Kier alpha value is -1.92. The molecule has 1 saturated heterocycles. The van der Waals surface area contributed by atoms with Gasteiger partial charge in [0.1, 0.15) is 5.82 Å². The van der Waals surface area contributed by atoms with Gasteiger partial charge in [-0.2, -0.15) is 5.10 Å². The molecule has 1 aliphatic rings. The number of nitrogens with two attached hydrogens (primary N) is 1. The van der Waals surface area contributed by atoms with E-state index in [1.54, 1.807) is 4.68 Å². The summed E-state index contributed by atoms with van der Waals surface area (Å²) >= 11 is 6.10. The van der Waals surface area contributed by atoms with Crippen LogP contribution in [0.3, 0.4) is 0 Å². The van der Waals surface area contributed by atoms with Crippen molar-refractivity contribution in [3.63, 3.8) is 0 Å². The molecule has 2 heterocycles. The summed E-state index contributed by atoms with van der Waals surface area (Å²) in [5.41, 5.74) is 6.14. The standard InChI is InChI=1S/C16H20ClN5O/c1-21-7-3-4-11(10-21)16-19-15(9-14(18)23)20-22(16)13-6-2-5-12(17)8-13/h2,5-6,8,11H,3-4,7,9-10H2,1H3,(H2,18,23)/t11-/m0/s1. The minimum Gasteiger partial charge on any atom is -0.369 e. The highest BCUT2D eigenvalue weighted by molar-refractivity contribution is 6.30. The van der Waals surface area contributed by atoms with E-state index >= 15 is 0 Å². The molecule has 1 aromatic carbocycles. The fraction of sp³-hybridized carbons (Fsp3) is 0.438. The number of carbonyl (C=O) groups excluding carboxylic acids is 1. The average Bonchev–Trinajstić information content (AvgIpc) is 2.90. The summed E-state index contributed by atoms with van der Waals surface area (Å²) in [6.07, 6.45) is 2.22. The third kappa shape index (κ3) is 3.71. The predicted molar refractivity (Wildman–Crippen MR) is 88.7 cm³/mol. The van der Waals surface area contributed by atoms with Crippen molar-refractivity contribution >= 4 is 17.5 Å². The van der Waals surface area contributed by atoms with Crippen molar-refractivity contribution < 1.29 is 4.79 Å². The Kier molecular flexibility index (Phi) is 4.63. The van der Waals surface area contributed by atoms with Crippen molar-refractivity contribution in [2.75, 3.05) is 20.1 Å². The smallest absolute Gasteiger partial charge is 0.225 e. The van der Waals surface area contributed by atoms with Crippen LogP contribution in [-0.4, -0.2) is 45.7 Å². The molecule has 0 aliphatic carbocycles. The molecular weight excluding hydrogens is 314 g/mol. The Labute approximate surface area is 140 Å². The molecule has 2 N–H and O–H groups in total. The predicted octanol–water partition coefficient (Wildman–Crippen LogP) is 1.76. The maximum Gasteiger partial charge on any atom is 0.225 e. The molecule has 2 aromatic rings. The van der Waals surface area contributed by atoms with Gasteiger partial charge in [-0.15, -0.1) is 0 Å². The number of carbonyl (C=O) groups is 1.